The highest BCUT2D eigenvalue weighted by molar-refractivity contribution is 6.46. The van der Waals surface area contributed by atoms with Crippen molar-refractivity contribution in [1.29, 1.82) is 0 Å². The number of likely N-dealkylation sites (N-methyl/N-ethyl adjacent to an activating group) is 1. The quantitative estimate of drug-likeness (QED) is 0.219. The Kier molecular flexibility index (Phi) is 8.60. The summed E-state index contributed by atoms with van der Waals surface area (Å²) in [6.45, 7) is 4.74. The first-order chi connectivity index (χ1) is 17.3. The zero-order chi connectivity index (χ0) is 26.4. The number of hydrogen-bond acceptors (Lipinski definition) is 8. The van der Waals surface area contributed by atoms with Gasteiger partial charge in [0.05, 0.1) is 32.9 Å². The van der Waals surface area contributed by atoms with E-state index in [1.54, 1.807) is 42.5 Å². The van der Waals surface area contributed by atoms with Gasteiger partial charge in [0.15, 0.2) is 11.5 Å². The SMILES string of the molecule is C=CCOc1ccc(/C(O)=C2\C(=O)C(=O)N(CCN(C)C)[C@@H]2c2cc(OC)c(OC)c(OC)c2)cc1. The van der Waals surface area contributed by atoms with Crippen LogP contribution in [0.4, 0.5) is 0 Å². The predicted octanol–water partition coefficient (Wildman–Crippen LogP) is 3.26. The largest absolute Gasteiger partial charge is 0.507 e. The number of Topliss-reactive ketones (excluding diaryl/α,β-unsaturated/α-hetero) is 1. The molecule has 1 fully saturated rings. The van der Waals surface area contributed by atoms with Crippen LogP contribution in [0.1, 0.15) is 17.2 Å². The van der Waals surface area contributed by atoms with E-state index in [0.29, 0.717) is 47.3 Å². The molecular weight excluding hydrogens is 464 g/mol. The lowest BCUT2D eigenvalue weighted by atomic mass is 9.94. The Labute approximate surface area is 211 Å². The topological polar surface area (TPSA) is 97.8 Å². The molecule has 1 atom stereocenters. The van der Waals surface area contributed by atoms with Crippen molar-refractivity contribution >= 4 is 17.4 Å². The van der Waals surface area contributed by atoms with E-state index in [2.05, 4.69) is 6.58 Å². The van der Waals surface area contributed by atoms with Crippen molar-refractivity contribution in [2.24, 2.45) is 0 Å². The van der Waals surface area contributed by atoms with E-state index >= 15 is 0 Å². The summed E-state index contributed by atoms with van der Waals surface area (Å²) in [6, 6.07) is 9.11. The molecule has 9 nitrogen and oxygen atoms in total. The summed E-state index contributed by atoms with van der Waals surface area (Å²) < 4.78 is 21.9. The summed E-state index contributed by atoms with van der Waals surface area (Å²) in [5.41, 5.74) is 0.895. The second-order valence-electron chi connectivity index (χ2n) is 8.38. The Bertz CT molecular complexity index is 1130. The van der Waals surface area contributed by atoms with E-state index in [-0.39, 0.29) is 17.9 Å². The van der Waals surface area contributed by atoms with Crippen LogP contribution in [0.3, 0.4) is 0 Å². The summed E-state index contributed by atoms with van der Waals surface area (Å²) >= 11 is 0. The molecule has 0 bridgehead atoms. The molecule has 0 saturated carbocycles. The highest BCUT2D eigenvalue weighted by Gasteiger charge is 2.46. The van der Waals surface area contributed by atoms with Gasteiger partial charge >= 0.3 is 0 Å². The molecule has 1 aliphatic rings. The molecular formula is C27H32N2O7. The number of aliphatic hydroxyl groups is 1. The lowest BCUT2D eigenvalue weighted by Gasteiger charge is -2.27. The van der Waals surface area contributed by atoms with Crippen LogP contribution in [0.2, 0.25) is 0 Å². The second kappa shape index (κ2) is 11.6. The lowest BCUT2D eigenvalue weighted by Crippen LogP contribution is -2.35. The van der Waals surface area contributed by atoms with Gasteiger partial charge in [-0.1, -0.05) is 12.7 Å². The molecule has 192 valence electrons. The molecule has 2 aromatic carbocycles. The van der Waals surface area contributed by atoms with Crippen molar-refractivity contribution in [2.75, 3.05) is 55.1 Å². The number of hydrogen-bond donors (Lipinski definition) is 1. The zero-order valence-electron chi connectivity index (χ0n) is 21.2. The Morgan fingerprint density at radius 3 is 2.17 bits per heavy atom. The van der Waals surface area contributed by atoms with Crippen LogP contribution < -0.4 is 18.9 Å². The van der Waals surface area contributed by atoms with Crippen molar-refractivity contribution < 1.29 is 33.6 Å². The van der Waals surface area contributed by atoms with Crippen LogP contribution >= 0.6 is 0 Å². The third-order valence-electron chi connectivity index (χ3n) is 5.83. The Morgan fingerprint density at radius 2 is 1.67 bits per heavy atom. The maximum atomic E-state index is 13.3. The average molecular weight is 497 g/mol. The van der Waals surface area contributed by atoms with Crippen molar-refractivity contribution in [3.8, 4) is 23.0 Å². The standard InChI is InChI=1S/C27H32N2O7/c1-7-14-36-19-10-8-17(9-11-19)24(30)22-23(29(13-12-28(2)3)27(32)25(22)31)18-15-20(33-4)26(35-6)21(16-18)34-5/h7-11,15-16,23,30H,1,12-14H2,2-6H3/b24-22+/t23-/m1/s1. The van der Waals surface area contributed by atoms with Crippen LogP contribution in [0.25, 0.3) is 5.76 Å². The molecule has 0 spiro atoms. The fourth-order valence-corrected chi connectivity index (χ4v) is 4.04. The van der Waals surface area contributed by atoms with Gasteiger partial charge in [-0.05, 0) is 56.1 Å². The average Bonchev–Trinajstić information content (AvgIpc) is 3.14. The van der Waals surface area contributed by atoms with Gasteiger partial charge < -0.3 is 33.9 Å². The summed E-state index contributed by atoms with van der Waals surface area (Å²) in [4.78, 5) is 29.8. The maximum absolute atomic E-state index is 13.3. The number of ether oxygens (including phenoxy) is 4. The predicted molar refractivity (Wildman–Crippen MR) is 136 cm³/mol. The molecule has 1 N–H and O–H groups in total. The number of benzene rings is 2. The van der Waals surface area contributed by atoms with E-state index in [0.717, 1.165) is 0 Å². The molecule has 3 rings (SSSR count). The molecule has 1 saturated heterocycles. The fraction of sp³-hybridized carbons (Fsp3) is 0.333. The van der Waals surface area contributed by atoms with Gasteiger partial charge in [0.2, 0.25) is 5.75 Å². The van der Waals surface area contributed by atoms with Gasteiger partial charge in [0.25, 0.3) is 11.7 Å². The lowest BCUT2D eigenvalue weighted by molar-refractivity contribution is -0.140. The van der Waals surface area contributed by atoms with Crippen LogP contribution in [0.5, 0.6) is 23.0 Å². The van der Waals surface area contributed by atoms with E-state index < -0.39 is 17.7 Å². The zero-order valence-corrected chi connectivity index (χ0v) is 21.2. The highest BCUT2D eigenvalue weighted by Crippen LogP contribution is 2.45. The molecule has 1 amide bonds. The van der Waals surface area contributed by atoms with Gasteiger partial charge in [0, 0.05) is 18.7 Å². The number of likely N-dealkylation sites (tertiary alicyclic amines) is 1. The van der Waals surface area contributed by atoms with Gasteiger partial charge in [-0.25, -0.2) is 0 Å². The monoisotopic (exact) mass is 496 g/mol. The number of amides is 1. The fourth-order valence-electron chi connectivity index (χ4n) is 4.04. The van der Waals surface area contributed by atoms with E-state index in [1.165, 1.54) is 26.2 Å². The van der Waals surface area contributed by atoms with E-state index in [1.807, 2.05) is 19.0 Å². The second-order valence-corrected chi connectivity index (χ2v) is 8.38. The normalized spacial score (nSPS) is 16.8. The summed E-state index contributed by atoms with van der Waals surface area (Å²) in [5.74, 6) is -0.0412. The van der Waals surface area contributed by atoms with Crippen LogP contribution in [-0.4, -0.2) is 81.7 Å². The molecule has 2 aromatic rings. The number of nitrogens with zero attached hydrogens (tertiary/aromatic N) is 2. The van der Waals surface area contributed by atoms with Gasteiger partial charge in [-0.3, -0.25) is 9.59 Å². The minimum Gasteiger partial charge on any atom is -0.507 e. The molecule has 1 aliphatic heterocycles. The Hall–Kier alpha value is -3.98. The molecule has 0 unspecified atom stereocenters. The first-order valence-corrected chi connectivity index (χ1v) is 11.3. The maximum Gasteiger partial charge on any atom is 0.295 e. The van der Waals surface area contributed by atoms with Crippen molar-refractivity contribution in [1.82, 2.24) is 9.80 Å². The van der Waals surface area contributed by atoms with Crippen molar-refractivity contribution in [2.45, 2.75) is 6.04 Å². The first-order valence-electron chi connectivity index (χ1n) is 11.3. The van der Waals surface area contributed by atoms with Crippen LogP contribution in [0.15, 0.2) is 54.6 Å². The number of carbonyl (C=O) groups is 2. The number of carbonyl (C=O) groups excluding carboxylic acids is 2. The number of methoxy groups -OCH3 is 3. The van der Waals surface area contributed by atoms with Crippen LogP contribution in [0, 0.1) is 0 Å². The molecule has 0 aliphatic carbocycles. The minimum atomic E-state index is -0.865. The third-order valence-corrected chi connectivity index (χ3v) is 5.83. The van der Waals surface area contributed by atoms with Gasteiger partial charge in [-0.15, -0.1) is 0 Å². The summed E-state index contributed by atoms with van der Waals surface area (Å²) in [6.07, 6.45) is 1.63. The number of aliphatic hydroxyl groups excluding tert-OH is 1. The van der Waals surface area contributed by atoms with Gasteiger partial charge in [-0.2, -0.15) is 0 Å². The molecule has 36 heavy (non-hydrogen) atoms. The van der Waals surface area contributed by atoms with Crippen molar-refractivity contribution in [3.05, 3.63) is 65.8 Å². The first kappa shape index (κ1) is 26.6. The van der Waals surface area contributed by atoms with Crippen LogP contribution in [-0.2, 0) is 9.59 Å². The van der Waals surface area contributed by atoms with E-state index in [4.69, 9.17) is 18.9 Å². The number of ketones is 1. The van der Waals surface area contributed by atoms with E-state index in [9.17, 15) is 14.7 Å². The molecule has 9 heteroatoms. The van der Waals surface area contributed by atoms with Crippen molar-refractivity contribution in [3.63, 3.8) is 0 Å². The van der Waals surface area contributed by atoms with Gasteiger partial charge in [0.1, 0.15) is 18.1 Å². The summed E-state index contributed by atoms with van der Waals surface area (Å²) in [7, 11) is 8.22. The smallest absolute Gasteiger partial charge is 0.295 e. The number of rotatable bonds is 11. The Morgan fingerprint density at radius 1 is 1.06 bits per heavy atom. The summed E-state index contributed by atoms with van der Waals surface area (Å²) in [5, 5.41) is 11.3. The highest BCUT2D eigenvalue weighted by atomic mass is 16.5. The Balaban J connectivity index is 2.18. The molecule has 0 radical (unpaired) electrons. The minimum absolute atomic E-state index is 0.0206. The third kappa shape index (κ3) is 5.31. The molecule has 1 heterocycles. The molecule has 0 aromatic heterocycles.